The van der Waals surface area contributed by atoms with Gasteiger partial charge in [0, 0.05) is 75.7 Å². The number of fused-ring (bicyclic) bond motifs is 1. The summed E-state index contributed by atoms with van der Waals surface area (Å²) in [5, 5.41) is 4.76. The fraction of sp³-hybridized carbons (Fsp3) is 0.417. The molecule has 0 N–H and O–H groups in total. The van der Waals surface area contributed by atoms with Gasteiger partial charge in [-0.2, -0.15) is 5.10 Å². The van der Waals surface area contributed by atoms with Gasteiger partial charge in [0.15, 0.2) is 17.4 Å². The van der Waals surface area contributed by atoms with Crippen molar-refractivity contribution in [2.75, 3.05) is 24.5 Å². The van der Waals surface area contributed by atoms with Crippen molar-refractivity contribution in [3.63, 3.8) is 0 Å². The minimum Gasteiger partial charge on any atom is -0.487 e. The third-order valence-electron chi connectivity index (χ3n) is 6.34. The van der Waals surface area contributed by atoms with E-state index in [0.29, 0.717) is 37.6 Å². The number of aromatic nitrogens is 4. The van der Waals surface area contributed by atoms with Gasteiger partial charge >= 0.3 is 0 Å². The molecule has 5 rings (SSSR count). The normalized spacial score (nSPS) is 16.5. The molecule has 0 aliphatic carbocycles. The number of hydrogen-bond acceptors (Lipinski definition) is 6. The summed E-state index contributed by atoms with van der Waals surface area (Å²) >= 11 is 6.00. The predicted molar refractivity (Wildman–Crippen MR) is 126 cm³/mol. The molecule has 1 saturated heterocycles. The van der Waals surface area contributed by atoms with Gasteiger partial charge in [-0.3, -0.25) is 9.48 Å². The molecule has 0 spiro atoms. The predicted octanol–water partition coefficient (Wildman–Crippen LogP) is 3.62. The minimum absolute atomic E-state index is 0.0395. The zero-order valence-corrected chi connectivity index (χ0v) is 19.9. The van der Waals surface area contributed by atoms with Crippen LogP contribution in [-0.2, 0) is 24.8 Å². The van der Waals surface area contributed by atoms with Crippen LogP contribution < -0.4 is 9.64 Å². The molecule has 178 valence electrons. The van der Waals surface area contributed by atoms with E-state index in [-0.39, 0.29) is 17.8 Å². The lowest BCUT2D eigenvalue weighted by molar-refractivity contribution is -0.129. The van der Waals surface area contributed by atoms with Crippen LogP contribution in [0.1, 0.15) is 31.2 Å². The van der Waals surface area contributed by atoms with E-state index in [9.17, 15) is 9.18 Å². The van der Waals surface area contributed by atoms with E-state index in [4.69, 9.17) is 26.3 Å². The summed E-state index contributed by atoms with van der Waals surface area (Å²) in [5.41, 5.74) is 3.41. The fourth-order valence-electron chi connectivity index (χ4n) is 4.48. The number of halogens is 2. The number of benzene rings is 1. The van der Waals surface area contributed by atoms with Crippen LogP contribution >= 0.6 is 11.6 Å². The molecular weight excluding hydrogens is 459 g/mol. The molecule has 2 aliphatic rings. The first-order valence-corrected chi connectivity index (χ1v) is 11.8. The number of ether oxygens (including phenoxy) is 1. The number of piperidine rings is 1. The number of aryl methyl sites for hydroxylation is 1. The molecule has 0 atom stereocenters. The van der Waals surface area contributed by atoms with E-state index in [0.717, 1.165) is 41.3 Å². The van der Waals surface area contributed by atoms with E-state index in [1.165, 1.54) is 18.2 Å². The maximum absolute atomic E-state index is 14.1. The van der Waals surface area contributed by atoms with Crippen LogP contribution in [-0.4, -0.2) is 56.3 Å². The van der Waals surface area contributed by atoms with Crippen molar-refractivity contribution in [1.82, 2.24) is 24.6 Å². The number of nitrogens with zero attached hydrogens (tertiary/aromatic N) is 6. The highest BCUT2D eigenvalue weighted by Crippen LogP contribution is 2.33. The Bertz CT molecular complexity index is 1220. The zero-order chi connectivity index (χ0) is 23.8. The number of amides is 1. The molecule has 1 amide bonds. The lowest BCUT2D eigenvalue weighted by Crippen LogP contribution is -2.40. The summed E-state index contributed by atoms with van der Waals surface area (Å²) < 4.78 is 21.8. The third kappa shape index (κ3) is 4.57. The van der Waals surface area contributed by atoms with Gasteiger partial charge in [-0.15, -0.1) is 0 Å². The second-order valence-corrected chi connectivity index (χ2v) is 9.20. The van der Waals surface area contributed by atoms with Gasteiger partial charge < -0.3 is 14.5 Å². The Morgan fingerprint density at radius 1 is 1.18 bits per heavy atom. The molecule has 0 saturated carbocycles. The molecule has 1 aromatic carbocycles. The van der Waals surface area contributed by atoms with Crippen LogP contribution in [0.25, 0.3) is 11.3 Å². The first-order valence-electron chi connectivity index (χ1n) is 11.4. The lowest BCUT2D eigenvalue weighted by Gasteiger charge is -2.35. The van der Waals surface area contributed by atoms with Crippen molar-refractivity contribution in [2.24, 2.45) is 7.05 Å². The SMILES string of the molecule is CC(=O)N1CCc2nc(N3CCC(Oc4cc(Cl)ccc4F)CC3)c(-c3cnn(C)c3)nc2C1. The molecule has 8 nitrogen and oxygen atoms in total. The average molecular weight is 485 g/mol. The third-order valence-corrected chi connectivity index (χ3v) is 6.58. The van der Waals surface area contributed by atoms with Crippen LogP contribution in [0.5, 0.6) is 5.75 Å². The zero-order valence-electron chi connectivity index (χ0n) is 19.2. The Kier molecular flexibility index (Phi) is 6.12. The van der Waals surface area contributed by atoms with Gasteiger partial charge in [0.05, 0.1) is 24.1 Å². The monoisotopic (exact) mass is 484 g/mol. The van der Waals surface area contributed by atoms with Crippen LogP contribution in [0.2, 0.25) is 5.02 Å². The number of hydrogen-bond donors (Lipinski definition) is 0. The second-order valence-electron chi connectivity index (χ2n) is 8.76. The average Bonchev–Trinajstić information content (AvgIpc) is 3.27. The van der Waals surface area contributed by atoms with Crippen LogP contribution in [0.3, 0.4) is 0 Å². The number of carbonyl (C=O) groups is 1. The van der Waals surface area contributed by atoms with Crippen LogP contribution in [0.4, 0.5) is 10.2 Å². The molecule has 2 aliphatic heterocycles. The summed E-state index contributed by atoms with van der Waals surface area (Å²) in [5.74, 6) is 0.629. The van der Waals surface area contributed by atoms with E-state index >= 15 is 0 Å². The molecule has 1 fully saturated rings. The highest BCUT2D eigenvalue weighted by molar-refractivity contribution is 6.30. The standard InChI is InChI=1S/C24H26ClFN6O2/c1-15(33)32-10-7-20-21(14-32)28-23(16-12-27-30(2)13-16)24(29-20)31-8-5-18(6-9-31)34-22-11-17(25)3-4-19(22)26/h3-4,11-13,18H,5-10,14H2,1-2H3. The first kappa shape index (κ1) is 22.6. The van der Waals surface area contributed by atoms with Crippen molar-refractivity contribution in [2.45, 2.75) is 38.8 Å². The Morgan fingerprint density at radius 2 is 1.97 bits per heavy atom. The van der Waals surface area contributed by atoms with E-state index < -0.39 is 5.82 Å². The van der Waals surface area contributed by atoms with Gasteiger partial charge in [-0.25, -0.2) is 14.4 Å². The van der Waals surface area contributed by atoms with Gasteiger partial charge in [-0.05, 0) is 12.1 Å². The molecular formula is C24H26ClFN6O2. The Hall–Kier alpha value is -3.20. The Labute approximate surface area is 202 Å². The largest absolute Gasteiger partial charge is 0.487 e. The number of carbonyl (C=O) groups excluding carboxylic acids is 1. The Morgan fingerprint density at radius 3 is 2.68 bits per heavy atom. The van der Waals surface area contributed by atoms with Gasteiger partial charge in [0.25, 0.3) is 0 Å². The molecule has 2 aromatic heterocycles. The molecule has 0 bridgehead atoms. The van der Waals surface area contributed by atoms with Gasteiger partial charge in [-0.1, -0.05) is 11.6 Å². The Balaban J connectivity index is 1.39. The van der Waals surface area contributed by atoms with Gasteiger partial charge in [0.1, 0.15) is 11.8 Å². The quantitative estimate of drug-likeness (QED) is 0.563. The van der Waals surface area contributed by atoms with Crippen molar-refractivity contribution in [3.8, 4) is 17.0 Å². The summed E-state index contributed by atoms with van der Waals surface area (Å²) in [6.07, 6.45) is 5.70. The van der Waals surface area contributed by atoms with E-state index in [2.05, 4.69) is 10.00 Å². The highest BCUT2D eigenvalue weighted by Gasteiger charge is 2.29. The molecule has 4 heterocycles. The fourth-order valence-corrected chi connectivity index (χ4v) is 4.64. The maximum Gasteiger partial charge on any atom is 0.219 e. The summed E-state index contributed by atoms with van der Waals surface area (Å²) in [4.78, 5) is 25.9. The van der Waals surface area contributed by atoms with Crippen LogP contribution in [0, 0.1) is 5.82 Å². The molecule has 34 heavy (non-hydrogen) atoms. The molecule has 0 radical (unpaired) electrons. The first-order chi connectivity index (χ1) is 16.4. The second kappa shape index (κ2) is 9.21. The summed E-state index contributed by atoms with van der Waals surface area (Å²) in [6, 6.07) is 4.35. The minimum atomic E-state index is -0.411. The van der Waals surface area contributed by atoms with Gasteiger partial charge in [0.2, 0.25) is 5.91 Å². The summed E-state index contributed by atoms with van der Waals surface area (Å²) in [7, 11) is 1.87. The van der Waals surface area contributed by atoms with Crippen molar-refractivity contribution >= 4 is 23.3 Å². The summed E-state index contributed by atoms with van der Waals surface area (Å²) in [6.45, 7) is 4.09. The van der Waals surface area contributed by atoms with Crippen LogP contribution in [0.15, 0.2) is 30.6 Å². The molecule has 0 unspecified atom stereocenters. The van der Waals surface area contributed by atoms with Crippen molar-refractivity contribution in [1.29, 1.82) is 0 Å². The van der Waals surface area contributed by atoms with Crippen molar-refractivity contribution in [3.05, 3.63) is 52.8 Å². The number of rotatable bonds is 4. The smallest absolute Gasteiger partial charge is 0.219 e. The van der Waals surface area contributed by atoms with E-state index in [1.54, 1.807) is 22.7 Å². The maximum atomic E-state index is 14.1. The number of anilines is 1. The lowest BCUT2D eigenvalue weighted by atomic mass is 10.1. The highest BCUT2D eigenvalue weighted by atomic mass is 35.5. The van der Waals surface area contributed by atoms with Crippen molar-refractivity contribution < 1.29 is 13.9 Å². The molecule has 3 aromatic rings. The topological polar surface area (TPSA) is 76.4 Å². The molecule has 10 heteroatoms. The van der Waals surface area contributed by atoms with E-state index in [1.807, 2.05) is 13.2 Å².